The molecule has 1 aliphatic rings. The van der Waals surface area contributed by atoms with E-state index < -0.39 is 0 Å². The van der Waals surface area contributed by atoms with E-state index in [9.17, 15) is 4.79 Å². The molecule has 0 aliphatic carbocycles. The molecule has 2 nitrogen and oxygen atoms in total. The Morgan fingerprint density at radius 1 is 1.38 bits per heavy atom. The molecular formula is C20H28ClNOS. The first-order valence-corrected chi connectivity index (χ1v) is 10.5. The monoisotopic (exact) mass is 365 g/mol. The number of carbonyl (C=O) groups excluding carboxylic acids is 1. The van der Waals surface area contributed by atoms with Crippen molar-refractivity contribution in [3.8, 4) is 0 Å². The minimum atomic E-state index is 0.295. The van der Waals surface area contributed by atoms with Crippen molar-refractivity contribution < 1.29 is 4.79 Å². The van der Waals surface area contributed by atoms with E-state index in [1.165, 1.54) is 24.2 Å². The Bertz CT molecular complexity index is 546. The molecule has 1 amide bonds. The van der Waals surface area contributed by atoms with Crippen LogP contribution in [0.2, 0.25) is 5.02 Å². The van der Waals surface area contributed by atoms with E-state index in [4.69, 9.17) is 11.6 Å². The number of halogens is 1. The van der Waals surface area contributed by atoms with E-state index in [0.717, 1.165) is 36.6 Å². The number of rotatable bonds is 10. The van der Waals surface area contributed by atoms with E-state index in [-0.39, 0.29) is 0 Å². The highest BCUT2D eigenvalue weighted by Crippen LogP contribution is 2.21. The molecule has 1 aliphatic heterocycles. The molecule has 0 radical (unpaired) electrons. The van der Waals surface area contributed by atoms with Crippen molar-refractivity contribution in [2.75, 3.05) is 18.1 Å². The lowest BCUT2D eigenvalue weighted by Crippen LogP contribution is -2.33. The number of allylic oxidation sites excluding steroid dienone is 1. The predicted molar refractivity (Wildman–Crippen MR) is 106 cm³/mol. The summed E-state index contributed by atoms with van der Waals surface area (Å²) in [6.45, 7) is 3.10. The van der Waals surface area contributed by atoms with Gasteiger partial charge in [-0.05, 0) is 49.1 Å². The van der Waals surface area contributed by atoms with E-state index in [0.29, 0.717) is 18.4 Å². The number of aryl methyl sites for hydroxylation is 1. The average Bonchev–Trinajstić information content (AvgIpc) is 2.92. The Hall–Kier alpha value is -0.930. The van der Waals surface area contributed by atoms with Crippen molar-refractivity contribution in [1.82, 2.24) is 4.90 Å². The number of unbranched alkanes of at least 4 members (excludes halogenated alkanes) is 1. The van der Waals surface area contributed by atoms with Crippen molar-refractivity contribution in [2.24, 2.45) is 0 Å². The Morgan fingerprint density at radius 3 is 3.04 bits per heavy atom. The van der Waals surface area contributed by atoms with Gasteiger partial charge in [-0.2, -0.15) is 11.8 Å². The fraction of sp³-hybridized carbons (Fsp3) is 0.550. The molecule has 0 saturated carbocycles. The van der Waals surface area contributed by atoms with E-state index in [1.54, 1.807) is 0 Å². The second-order valence-electron chi connectivity index (χ2n) is 6.26. The fourth-order valence-corrected chi connectivity index (χ4v) is 4.19. The third-order valence-corrected chi connectivity index (χ3v) is 5.62. The summed E-state index contributed by atoms with van der Waals surface area (Å²) in [6.07, 6.45) is 10.6. The molecular weight excluding hydrogens is 338 g/mol. The van der Waals surface area contributed by atoms with E-state index >= 15 is 0 Å². The zero-order chi connectivity index (χ0) is 17.2. The van der Waals surface area contributed by atoms with Crippen LogP contribution in [0.4, 0.5) is 0 Å². The van der Waals surface area contributed by atoms with Gasteiger partial charge in [-0.15, -0.1) is 0 Å². The van der Waals surface area contributed by atoms with Crippen LogP contribution in [-0.4, -0.2) is 34.9 Å². The molecule has 0 bridgehead atoms. The standard InChI is InChI=1S/C20H28ClNOS/c1-2-3-14-24-15-13-22-19(11-12-20(22)23)10-5-4-7-17-8-6-9-18(21)16-17/h5-6,8-10,16,19H,2-4,7,11-15H2,1H3/b10-5+. The molecule has 0 N–H and O–H groups in total. The van der Waals surface area contributed by atoms with Gasteiger partial charge >= 0.3 is 0 Å². The van der Waals surface area contributed by atoms with Gasteiger partial charge in [0.15, 0.2) is 0 Å². The summed E-state index contributed by atoms with van der Waals surface area (Å²) in [5.74, 6) is 2.58. The maximum absolute atomic E-state index is 12.1. The van der Waals surface area contributed by atoms with Crippen molar-refractivity contribution in [3.63, 3.8) is 0 Å². The van der Waals surface area contributed by atoms with Crippen LogP contribution in [0.15, 0.2) is 36.4 Å². The summed E-state index contributed by atoms with van der Waals surface area (Å²) in [5, 5.41) is 0.796. The molecule has 1 heterocycles. The van der Waals surface area contributed by atoms with Gasteiger partial charge in [0.05, 0.1) is 6.04 Å². The van der Waals surface area contributed by atoms with Crippen LogP contribution in [0.25, 0.3) is 0 Å². The molecule has 1 aromatic carbocycles. The molecule has 1 aromatic rings. The van der Waals surface area contributed by atoms with Gasteiger partial charge in [-0.25, -0.2) is 0 Å². The Balaban J connectivity index is 1.74. The molecule has 132 valence electrons. The van der Waals surface area contributed by atoms with Gasteiger partial charge in [0.2, 0.25) is 5.91 Å². The highest BCUT2D eigenvalue weighted by molar-refractivity contribution is 7.99. The van der Waals surface area contributed by atoms with Gasteiger partial charge in [0.25, 0.3) is 0 Å². The fourth-order valence-electron chi connectivity index (χ4n) is 2.95. The second kappa shape index (κ2) is 10.8. The van der Waals surface area contributed by atoms with E-state index in [1.807, 2.05) is 30.0 Å². The topological polar surface area (TPSA) is 20.3 Å². The summed E-state index contributed by atoms with van der Waals surface area (Å²) in [5.41, 5.74) is 1.26. The summed E-state index contributed by atoms with van der Waals surface area (Å²) in [4.78, 5) is 14.1. The van der Waals surface area contributed by atoms with Gasteiger partial charge in [-0.1, -0.05) is 49.2 Å². The molecule has 0 aromatic heterocycles. The maximum Gasteiger partial charge on any atom is 0.223 e. The average molecular weight is 366 g/mol. The maximum atomic E-state index is 12.1. The van der Waals surface area contributed by atoms with Crippen molar-refractivity contribution in [2.45, 2.75) is 51.5 Å². The highest BCUT2D eigenvalue weighted by atomic mass is 35.5. The largest absolute Gasteiger partial charge is 0.335 e. The lowest BCUT2D eigenvalue weighted by Gasteiger charge is -2.22. The van der Waals surface area contributed by atoms with Crippen molar-refractivity contribution in [3.05, 3.63) is 47.0 Å². The number of carbonyl (C=O) groups is 1. The van der Waals surface area contributed by atoms with Crippen LogP contribution in [0.1, 0.15) is 44.6 Å². The minimum Gasteiger partial charge on any atom is -0.335 e. The Labute approximate surface area is 155 Å². The van der Waals surface area contributed by atoms with Crippen LogP contribution in [-0.2, 0) is 11.2 Å². The van der Waals surface area contributed by atoms with Gasteiger partial charge in [0.1, 0.15) is 0 Å². The van der Waals surface area contributed by atoms with Gasteiger partial charge in [0, 0.05) is 23.7 Å². The van der Waals surface area contributed by atoms with Crippen LogP contribution in [0.5, 0.6) is 0 Å². The number of benzene rings is 1. The smallest absolute Gasteiger partial charge is 0.223 e. The third kappa shape index (κ3) is 6.52. The normalized spacial score (nSPS) is 18.0. The van der Waals surface area contributed by atoms with Gasteiger partial charge < -0.3 is 4.90 Å². The van der Waals surface area contributed by atoms with Crippen LogP contribution < -0.4 is 0 Å². The SMILES string of the molecule is CCCCSCCN1C(=O)CCC1/C=C/CCc1cccc(Cl)c1. The quantitative estimate of drug-likeness (QED) is 0.411. The molecule has 1 fully saturated rings. The van der Waals surface area contributed by atoms with Gasteiger partial charge in [-0.3, -0.25) is 4.79 Å². The van der Waals surface area contributed by atoms with Crippen LogP contribution >= 0.6 is 23.4 Å². The number of likely N-dealkylation sites (tertiary alicyclic amines) is 1. The zero-order valence-corrected chi connectivity index (χ0v) is 16.1. The number of hydrogen-bond donors (Lipinski definition) is 0. The molecule has 2 rings (SSSR count). The summed E-state index contributed by atoms with van der Waals surface area (Å²) in [7, 11) is 0. The van der Waals surface area contributed by atoms with Crippen molar-refractivity contribution >= 4 is 29.3 Å². The molecule has 1 saturated heterocycles. The first-order chi connectivity index (χ1) is 11.7. The molecule has 1 unspecified atom stereocenters. The Kier molecular flexibility index (Phi) is 8.76. The summed E-state index contributed by atoms with van der Waals surface area (Å²) >= 11 is 7.98. The summed E-state index contributed by atoms with van der Waals surface area (Å²) in [6, 6.07) is 8.33. The third-order valence-electron chi connectivity index (χ3n) is 4.34. The Morgan fingerprint density at radius 2 is 2.25 bits per heavy atom. The van der Waals surface area contributed by atoms with Crippen molar-refractivity contribution in [1.29, 1.82) is 0 Å². The lowest BCUT2D eigenvalue weighted by atomic mass is 10.1. The first kappa shape index (κ1) is 19.4. The molecule has 4 heteroatoms. The van der Waals surface area contributed by atoms with Crippen LogP contribution in [0, 0.1) is 0 Å². The summed E-state index contributed by atoms with van der Waals surface area (Å²) < 4.78 is 0. The number of thioether (sulfide) groups is 1. The lowest BCUT2D eigenvalue weighted by molar-refractivity contribution is -0.128. The molecule has 0 spiro atoms. The number of amides is 1. The van der Waals surface area contributed by atoms with Crippen LogP contribution in [0.3, 0.4) is 0 Å². The molecule has 24 heavy (non-hydrogen) atoms. The number of nitrogens with zero attached hydrogens (tertiary/aromatic N) is 1. The minimum absolute atomic E-state index is 0.295. The first-order valence-electron chi connectivity index (χ1n) is 8.99. The van der Waals surface area contributed by atoms with E-state index in [2.05, 4.69) is 30.0 Å². The second-order valence-corrected chi connectivity index (χ2v) is 7.92. The highest BCUT2D eigenvalue weighted by Gasteiger charge is 2.28. The zero-order valence-electron chi connectivity index (χ0n) is 14.5. The predicted octanol–water partition coefficient (Wildman–Crippen LogP) is 5.35. The molecule has 1 atom stereocenters. The number of hydrogen-bond acceptors (Lipinski definition) is 2.